The SMILES string of the molecule is O=C(O)c1ccc(-c2ccc([C@@H]3[C@@H](c4ccccn4)NC(=S)N3CCCNc3ccccc3)o2)cc1. The number of thiocarbonyl (C=S) groups is 1. The van der Waals surface area contributed by atoms with Crippen molar-refractivity contribution < 1.29 is 14.3 Å². The third-order valence-electron chi connectivity index (χ3n) is 6.21. The number of carbonyl (C=O) groups is 1. The van der Waals surface area contributed by atoms with Crippen molar-refractivity contribution in [1.82, 2.24) is 15.2 Å². The molecule has 5 rings (SSSR count). The molecule has 1 aliphatic heterocycles. The van der Waals surface area contributed by atoms with E-state index in [0.717, 1.165) is 42.2 Å². The molecule has 0 bridgehead atoms. The highest BCUT2D eigenvalue weighted by molar-refractivity contribution is 7.80. The molecule has 0 aliphatic carbocycles. The maximum absolute atomic E-state index is 11.2. The van der Waals surface area contributed by atoms with Crippen molar-refractivity contribution >= 4 is 29.0 Å². The van der Waals surface area contributed by atoms with Crippen LogP contribution in [0.2, 0.25) is 0 Å². The van der Waals surface area contributed by atoms with E-state index in [1.54, 1.807) is 30.5 Å². The monoisotopic (exact) mass is 498 g/mol. The van der Waals surface area contributed by atoms with Crippen LogP contribution >= 0.6 is 12.2 Å². The Morgan fingerprint density at radius 1 is 1.03 bits per heavy atom. The molecule has 0 spiro atoms. The van der Waals surface area contributed by atoms with E-state index >= 15 is 0 Å². The lowest BCUT2D eigenvalue weighted by Gasteiger charge is -2.26. The van der Waals surface area contributed by atoms with Gasteiger partial charge in [0.15, 0.2) is 5.11 Å². The summed E-state index contributed by atoms with van der Waals surface area (Å²) in [5, 5.41) is 16.7. The molecule has 8 heteroatoms. The number of benzene rings is 2. The third kappa shape index (κ3) is 5.08. The van der Waals surface area contributed by atoms with Crippen molar-refractivity contribution in [3.63, 3.8) is 0 Å². The number of nitrogens with one attached hydrogen (secondary N) is 2. The van der Waals surface area contributed by atoms with Crippen LogP contribution in [0.3, 0.4) is 0 Å². The van der Waals surface area contributed by atoms with E-state index in [-0.39, 0.29) is 17.6 Å². The van der Waals surface area contributed by atoms with Crippen molar-refractivity contribution in [2.45, 2.75) is 18.5 Å². The second-order valence-corrected chi connectivity index (χ2v) is 8.94. The average molecular weight is 499 g/mol. The van der Waals surface area contributed by atoms with E-state index in [1.807, 2.05) is 48.5 Å². The van der Waals surface area contributed by atoms with Gasteiger partial charge in [-0.25, -0.2) is 4.79 Å². The molecule has 0 radical (unpaired) electrons. The number of carboxylic acids is 1. The van der Waals surface area contributed by atoms with Gasteiger partial charge >= 0.3 is 5.97 Å². The van der Waals surface area contributed by atoms with Crippen LogP contribution in [0.15, 0.2) is 95.5 Å². The predicted octanol–water partition coefficient (Wildman–Crippen LogP) is 5.51. The number of hydrogen-bond donors (Lipinski definition) is 3. The van der Waals surface area contributed by atoms with Gasteiger partial charge in [-0.3, -0.25) is 4.98 Å². The van der Waals surface area contributed by atoms with Crippen LogP contribution < -0.4 is 10.6 Å². The minimum Gasteiger partial charge on any atom is -0.478 e. The fourth-order valence-electron chi connectivity index (χ4n) is 4.44. The van der Waals surface area contributed by atoms with Gasteiger partial charge in [0.1, 0.15) is 17.6 Å². The first kappa shape index (κ1) is 23.6. The van der Waals surface area contributed by atoms with Crippen LogP contribution in [0.4, 0.5) is 5.69 Å². The number of hydrogen-bond acceptors (Lipinski definition) is 5. The second-order valence-electron chi connectivity index (χ2n) is 8.55. The molecule has 2 aromatic carbocycles. The number of anilines is 1. The first-order valence-corrected chi connectivity index (χ1v) is 12.2. The molecule has 182 valence electrons. The van der Waals surface area contributed by atoms with Gasteiger partial charge < -0.3 is 25.1 Å². The summed E-state index contributed by atoms with van der Waals surface area (Å²) in [6.45, 7) is 1.55. The van der Waals surface area contributed by atoms with E-state index in [2.05, 4.69) is 32.7 Å². The minimum absolute atomic E-state index is 0.158. The summed E-state index contributed by atoms with van der Waals surface area (Å²) in [5.41, 5.74) is 3.03. The molecule has 3 N–H and O–H groups in total. The van der Waals surface area contributed by atoms with Crippen LogP contribution in [0.5, 0.6) is 0 Å². The van der Waals surface area contributed by atoms with E-state index in [0.29, 0.717) is 10.9 Å². The van der Waals surface area contributed by atoms with E-state index in [4.69, 9.17) is 16.6 Å². The third-order valence-corrected chi connectivity index (χ3v) is 6.56. The summed E-state index contributed by atoms with van der Waals surface area (Å²) in [5.74, 6) is 0.486. The first-order chi connectivity index (χ1) is 17.6. The van der Waals surface area contributed by atoms with Gasteiger partial charge in [-0.2, -0.15) is 0 Å². The standard InChI is InChI=1S/C28H26N4O3S/c33-27(34)20-12-10-19(11-13-20)23-14-15-24(35-23)26-25(22-9-4-5-16-30-22)31-28(36)32(26)18-6-17-29-21-7-2-1-3-8-21/h1-5,7-16,25-26,29H,6,17-18H2,(H,31,36)(H,33,34)/t25-,26-/m1/s1. The van der Waals surface area contributed by atoms with E-state index in [1.165, 1.54) is 0 Å². The molecular formula is C28H26N4O3S. The smallest absolute Gasteiger partial charge is 0.335 e. The summed E-state index contributed by atoms with van der Waals surface area (Å²) in [4.78, 5) is 17.9. The molecule has 4 aromatic rings. The fourth-order valence-corrected chi connectivity index (χ4v) is 4.77. The second kappa shape index (κ2) is 10.6. The molecule has 0 saturated carbocycles. The predicted molar refractivity (Wildman–Crippen MR) is 143 cm³/mol. The fraction of sp³-hybridized carbons (Fsp3) is 0.179. The van der Waals surface area contributed by atoms with Gasteiger partial charge in [-0.1, -0.05) is 36.4 Å². The van der Waals surface area contributed by atoms with Crippen molar-refractivity contribution in [3.8, 4) is 11.3 Å². The van der Waals surface area contributed by atoms with Crippen molar-refractivity contribution in [3.05, 3.63) is 108 Å². The molecule has 2 atom stereocenters. The lowest BCUT2D eigenvalue weighted by Crippen LogP contribution is -2.31. The Hall–Kier alpha value is -4.17. The van der Waals surface area contributed by atoms with Gasteiger partial charge in [0.2, 0.25) is 0 Å². The zero-order chi connectivity index (χ0) is 24.9. The molecule has 7 nitrogen and oxygen atoms in total. The van der Waals surface area contributed by atoms with Gasteiger partial charge in [-0.15, -0.1) is 0 Å². The summed E-state index contributed by atoms with van der Waals surface area (Å²) < 4.78 is 6.33. The largest absolute Gasteiger partial charge is 0.478 e. The highest BCUT2D eigenvalue weighted by Crippen LogP contribution is 2.40. The lowest BCUT2D eigenvalue weighted by molar-refractivity contribution is 0.0697. The van der Waals surface area contributed by atoms with E-state index in [9.17, 15) is 9.90 Å². The summed E-state index contributed by atoms with van der Waals surface area (Å²) >= 11 is 5.75. The molecule has 1 fully saturated rings. The number of aromatic carboxylic acids is 1. The number of nitrogens with zero attached hydrogens (tertiary/aromatic N) is 2. The summed E-state index contributed by atoms with van der Waals surface area (Å²) in [6.07, 6.45) is 2.66. The Labute approximate surface area is 214 Å². The number of carboxylic acid groups (broad SMARTS) is 1. The van der Waals surface area contributed by atoms with Crippen LogP contribution in [-0.2, 0) is 0 Å². The van der Waals surface area contributed by atoms with Crippen LogP contribution in [0, 0.1) is 0 Å². The molecule has 0 amide bonds. The van der Waals surface area contributed by atoms with E-state index < -0.39 is 5.97 Å². The van der Waals surface area contributed by atoms with Crippen LogP contribution in [0.1, 0.15) is 40.3 Å². The Morgan fingerprint density at radius 2 is 1.81 bits per heavy atom. The molecular weight excluding hydrogens is 472 g/mol. The molecule has 1 saturated heterocycles. The maximum Gasteiger partial charge on any atom is 0.335 e. The Balaban J connectivity index is 1.37. The number of aromatic nitrogens is 1. The van der Waals surface area contributed by atoms with Gasteiger partial charge in [0.25, 0.3) is 0 Å². The van der Waals surface area contributed by atoms with Crippen LogP contribution in [-0.4, -0.2) is 39.2 Å². The summed E-state index contributed by atoms with van der Waals surface area (Å²) in [7, 11) is 0. The van der Waals surface area contributed by atoms with Crippen molar-refractivity contribution in [2.75, 3.05) is 18.4 Å². The van der Waals surface area contributed by atoms with Gasteiger partial charge in [0, 0.05) is 30.5 Å². The Kier molecular flexibility index (Phi) is 6.95. The quantitative estimate of drug-likeness (QED) is 0.205. The zero-order valence-electron chi connectivity index (χ0n) is 19.5. The topological polar surface area (TPSA) is 90.6 Å². The molecule has 1 aliphatic rings. The highest BCUT2D eigenvalue weighted by atomic mass is 32.1. The normalized spacial score (nSPS) is 17.1. The average Bonchev–Trinajstić information content (AvgIpc) is 3.52. The van der Waals surface area contributed by atoms with Gasteiger partial charge in [0.05, 0.1) is 17.3 Å². The maximum atomic E-state index is 11.2. The minimum atomic E-state index is -0.956. The number of furan rings is 1. The first-order valence-electron chi connectivity index (χ1n) is 11.8. The zero-order valence-corrected chi connectivity index (χ0v) is 20.3. The molecule has 3 heterocycles. The van der Waals surface area contributed by atoms with Crippen molar-refractivity contribution in [1.29, 1.82) is 0 Å². The van der Waals surface area contributed by atoms with Gasteiger partial charge in [-0.05, 0) is 67.2 Å². The van der Waals surface area contributed by atoms with Crippen LogP contribution in [0.25, 0.3) is 11.3 Å². The Morgan fingerprint density at radius 3 is 2.53 bits per heavy atom. The molecule has 36 heavy (non-hydrogen) atoms. The lowest BCUT2D eigenvalue weighted by atomic mass is 10.0. The van der Waals surface area contributed by atoms with Crippen molar-refractivity contribution in [2.24, 2.45) is 0 Å². The summed E-state index contributed by atoms with van der Waals surface area (Å²) in [6, 6.07) is 26.2. The molecule has 2 aromatic heterocycles. The Bertz CT molecular complexity index is 1330. The highest BCUT2D eigenvalue weighted by Gasteiger charge is 2.41. The number of rotatable bonds is 9. The molecule has 0 unspecified atom stereocenters. The number of para-hydroxylation sites is 1. The number of pyridine rings is 1.